The molecular weight excluding hydrogens is 328 g/mol. The molecule has 2 saturated carbocycles. The third-order valence-electron chi connectivity index (χ3n) is 8.27. The fourth-order valence-corrected chi connectivity index (χ4v) is 6.83. The van der Waals surface area contributed by atoms with Crippen LogP contribution in [-0.4, -0.2) is 11.0 Å². The van der Waals surface area contributed by atoms with Crippen LogP contribution in [0.25, 0.3) is 0 Å². The van der Waals surface area contributed by atoms with Gasteiger partial charge in [-0.1, -0.05) is 37.3 Å². The number of aryl methyl sites for hydroxylation is 1. The SMILES string of the molecule is CC(N[C@H]1CC[C@H]2[C@@H]3CCc4ccccc4[C@H]3CC[C@]12C)c1cccnc1. The number of nitrogens with zero attached hydrogens (tertiary/aromatic N) is 1. The molecular formula is C25H32N2. The van der Waals surface area contributed by atoms with E-state index in [9.17, 15) is 0 Å². The van der Waals surface area contributed by atoms with Gasteiger partial charge in [-0.2, -0.15) is 0 Å². The van der Waals surface area contributed by atoms with Gasteiger partial charge in [0.05, 0.1) is 0 Å². The van der Waals surface area contributed by atoms with Crippen LogP contribution in [0.1, 0.15) is 74.6 Å². The first-order valence-corrected chi connectivity index (χ1v) is 10.9. The van der Waals surface area contributed by atoms with Gasteiger partial charge in [-0.3, -0.25) is 4.98 Å². The maximum atomic E-state index is 4.31. The topological polar surface area (TPSA) is 24.9 Å². The molecule has 3 aliphatic carbocycles. The molecule has 1 N–H and O–H groups in total. The van der Waals surface area contributed by atoms with Crippen molar-refractivity contribution in [2.24, 2.45) is 17.3 Å². The van der Waals surface area contributed by atoms with Crippen LogP contribution in [0.2, 0.25) is 0 Å². The summed E-state index contributed by atoms with van der Waals surface area (Å²) in [7, 11) is 0. The molecule has 0 radical (unpaired) electrons. The molecule has 1 heterocycles. The Labute approximate surface area is 163 Å². The second kappa shape index (κ2) is 6.74. The Hall–Kier alpha value is -1.67. The van der Waals surface area contributed by atoms with E-state index in [0.717, 1.165) is 17.8 Å². The number of nitrogens with one attached hydrogen (secondary N) is 1. The van der Waals surface area contributed by atoms with Crippen LogP contribution in [-0.2, 0) is 6.42 Å². The molecule has 27 heavy (non-hydrogen) atoms. The van der Waals surface area contributed by atoms with E-state index in [0.29, 0.717) is 17.5 Å². The second-order valence-electron chi connectivity index (χ2n) is 9.46. The van der Waals surface area contributed by atoms with Crippen molar-refractivity contribution < 1.29 is 0 Å². The van der Waals surface area contributed by atoms with Crippen LogP contribution in [0.3, 0.4) is 0 Å². The van der Waals surface area contributed by atoms with Gasteiger partial charge in [0.1, 0.15) is 0 Å². The standard InChI is InChI=1S/C25H32N2/c1-17(19-7-5-15-26-16-19)27-24-12-11-23-22-10-9-18-6-3-4-8-20(18)21(22)13-14-25(23,24)2/h3-8,15-17,21-24,27H,9-14H2,1-2H3/t17?,21-,22-,23+,24+,25+/m1/s1. The summed E-state index contributed by atoms with van der Waals surface area (Å²) in [5.41, 5.74) is 5.06. The van der Waals surface area contributed by atoms with Crippen LogP contribution in [0.15, 0.2) is 48.8 Å². The highest BCUT2D eigenvalue weighted by Crippen LogP contribution is 2.61. The monoisotopic (exact) mass is 360 g/mol. The first kappa shape index (κ1) is 17.4. The lowest BCUT2D eigenvalue weighted by molar-refractivity contribution is 0.0388. The molecule has 5 rings (SSSR count). The van der Waals surface area contributed by atoms with Gasteiger partial charge in [0.2, 0.25) is 0 Å². The summed E-state index contributed by atoms with van der Waals surface area (Å²) in [5.74, 6) is 2.57. The smallest absolute Gasteiger partial charge is 0.0315 e. The number of benzene rings is 1. The number of fused-ring (bicyclic) bond motifs is 5. The van der Waals surface area contributed by atoms with Gasteiger partial charge in [-0.25, -0.2) is 0 Å². The molecule has 0 spiro atoms. The zero-order valence-electron chi connectivity index (χ0n) is 16.7. The van der Waals surface area contributed by atoms with Crippen molar-refractivity contribution in [3.05, 3.63) is 65.5 Å². The summed E-state index contributed by atoms with van der Waals surface area (Å²) in [4.78, 5) is 4.31. The highest BCUT2D eigenvalue weighted by Gasteiger charge is 2.54. The Bertz CT molecular complexity index is 801. The summed E-state index contributed by atoms with van der Waals surface area (Å²) in [5, 5.41) is 4.01. The largest absolute Gasteiger partial charge is 0.307 e. The van der Waals surface area contributed by atoms with E-state index in [1.54, 1.807) is 11.1 Å². The molecule has 1 aromatic carbocycles. The van der Waals surface area contributed by atoms with Gasteiger partial charge in [-0.15, -0.1) is 0 Å². The summed E-state index contributed by atoms with van der Waals surface area (Å²) in [6.45, 7) is 4.89. The summed E-state index contributed by atoms with van der Waals surface area (Å²) in [6, 6.07) is 14.5. The number of hydrogen-bond donors (Lipinski definition) is 1. The average molecular weight is 361 g/mol. The van der Waals surface area contributed by atoms with Crippen LogP contribution >= 0.6 is 0 Å². The van der Waals surface area contributed by atoms with Crippen LogP contribution in [0, 0.1) is 17.3 Å². The van der Waals surface area contributed by atoms with Crippen molar-refractivity contribution in [3.8, 4) is 0 Å². The molecule has 0 bridgehead atoms. The van der Waals surface area contributed by atoms with Crippen LogP contribution in [0.5, 0.6) is 0 Å². The van der Waals surface area contributed by atoms with E-state index in [1.165, 1.54) is 44.1 Å². The first-order valence-electron chi connectivity index (χ1n) is 10.9. The highest BCUT2D eigenvalue weighted by atomic mass is 15.0. The maximum Gasteiger partial charge on any atom is 0.0315 e. The van der Waals surface area contributed by atoms with Gasteiger partial charge in [0, 0.05) is 24.5 Å². The summed E-state index contributed by atoms with van der Waals surface area (Å²) >= 11 is 0. The van der Waals surface area contributed by atoms with Crippen molar-refractivity contribution in [1.29, 1.82) is 0 Å². The Morgan fingerprint density at radius 2 is 1.96 bits per heavy atom. The minimum atomic E-state index is 0.379. The molecule has 2 heteroatoms. The van der Waals surface area contributed by atoms with E-state index < -0.39 is 0 Å². The molecule has 1 aromatic heterocycles. The Kier molecular flexibility index (Phi) is 4.35. The lowest BCUT2D eigenvalue weighted by atomic mass is 9.55. The number of rotatable bonds is 3. The Morgan fingerprint density at radius 3 is 2.81 bits per heavy atom. The highest BCUT2D eigenvalue weighted by molar-refractivity contribution is 5.35. The fraction of sp³-hybridized carbons (Fsp3) is 0.560. The van der Waals surface area contributed by atoms with Crippen LogP contribution in [0.4, 0.5) is 0 Å². The number of hydrogen-bond acceptors (Lipinski definition) is 2. The van der Waals surface area contributed by atoms with E-state index in [2.05, 4.69) is 60.5 Å². The lowest BCUT2D eigenvalue weighted by Crippen LogP contribution is -2.49. The molecule has 0 saturated heterocycles. The molecule has 2 aromatic rings. The Morgan fingerprint density at radius 1 is 1.07 bits per heavy atom. The minimum Gasteiger partial charge on any atom is -0.307 e. The molecule has 2 fully saturated rings. The van der Waals surface area contributed by atoms with Crippen molar-refractivity contribution in [2.45, 2.75) is 70.4 Å². The fourth-order valence-electron chi connectivity index (χ4n) is 6.83. The maximum absolute atomic E-state index is 4.31. The average Bonchev–Trinajstić information content (AvgIpc) is 3.05. The van der Waals surface area contributed by atoms with Gasteiger partial charge < -0.3 is 5.32 Å². The molecule has 0 amide bonds. The normalized spacial score (nSPS) is 35.8. The van der Waals surface area contributed by atoms with E-state index in [4.69, 9.17) is 0 Å². The van der Waals surface area contributed by atoms with Gasteiger partial charge in [-0.05, 0) is 91.4 Å². The molecule has 142 valence electrons. The first-order chi connectivity index (χ1) is 13.2. The molecule has 1 unspecified atom stereocenters. The third kappa shape index (κ3) is 2.84. The van der Waals surface area contributed by atoms with Gasteiger partial charge in [0.15, 0.2) is 0 Å². The predicted molar refractivity (Wildman–Crippen MR) is 111 cm³/mol. The van der Waals surface area contributed by atoms with E-state index >= 15 is 0 Å². The number of pyridine rings is 1. The zero-order chi connectivity index (χ0) is 18.4. The molecule has 3 aliphatic rings. The predicted octanol–water partition coefficient (Wildman–Crippen LogP) is 5.66. The third-order valence-corrected chi connectivity index (χ3v) is 8.27. The van der Waals surface area contributed by atoms with E-state index in [-0.39, 0.29) is 0 Å². The van der Waals surface area contributed by atoms with Crippen molar-refractivity contribution >= 4 is 0 Å². The minimum absolute atomic E-state index is 0.379. The van der Waals surface area contributed by atoms with Crippen LogP contribution < -0.4 is 5.32 Å². The quantitative estimate of drug-likeness (QED) is 0.764. The molecule has 0 aliphatic heterocycles. The molecule has 6 atom stereocenters. The van der Waals surface area contributed by atoms with Crippen molar-refractivity contribution in [2.75, 3.05) is 0 Å². The second-order valence-corrected chi connectivity index (χ2v) is 9.46. The summed E-state index contributed by atoms with van der Waals surface area (Å²) in [6.07, 6.45) is 12.0. The van der Waals surface area contributed by atoms with Gasteiger partial charge >= 0.3 is 0 Å². The Balaban J connectivity index is 1.36. The van der Waals surface area contributed by atoms with Crippen molar-refractivity contribution in [3.63, 3.8) is 0 Å². The van der Waals surface area contributed by atoms with E-state index in [1.807, 2.05) is 12.4 Å². The number of aromatic nitrogens is 1. The van der Waals surface area contributed by atoms with Crippen molar-refractivity contribution in [1.82, 2.24) is 10.3 Å². The van der Waals surface area contributed by atoms with Gasteiger partial charge in [0.25, 0.3) is 0 Å². The zero-order valence-corrected chi connectivity index (χ0v) is 16.7. The summed E-state index contributed by atoms with van der Waals surface area (Å²) < 4.78 is 0. The lowest BCUT2D eigenvalue weighted by Gasteiger charge is -2.51. The molecule has 2 nitrogen and oxygen atoms in total.